The zero-order chi connectivity index (χ0) is 12.7. The summed E-state index contributed by atoms with van der Waals surface area (Å²) in [6.07, 6.45) is 5.76. The maximum Gasteiger partial charge on any atom is 0.137 e. The van der Waals surface area contributed by atoms with Crippen molar-refractivity contribution in [3.8, 4) is 5.75 Å². The lowest BCUT2D eigenvalue weighted by atomic mass is 9.90. The van der Waals surface area contributed by atoms with Gasteiger partial charge in [0.15, 0.2) is 0 Å². The van der Waals surface area contributed by atoms with Gasteiger partial charge in [0.2, 0.25) is 0 Å². The first-order valence-electron chi connectivity index (χ1n) is 6.30. The summed E-state index contributed by atoms with van der Waals surface area (Å²) in [5, 5.41) is 0. The maximum absolute atomic E-state index is 5.66. The van der Waals surface area contributed by atoms with Crippen molar-refractivity contribution in [2.45, 2.75) is 39.7 Å². The molecule has 1 atom stereocenters. The minimum Gasteiger partial charge on any atom is -0.492 e. The van der Waals surface area contributed by atoms with E-state index in [4.69, 9.17) is 10.6 Å². The Morgan fingerprint density at radius 3 is 2.53 bits per heavy atom. The summed E-state index contributed by atoms with van der Waals surface area (Å²) in [6.45, 7) is 6.97. The molecule has 0 aliphatic rings. The number of hydrazine groups is 1. The van der Waals surface area contributed by atoms with Gasteiger partial charge in [-0.1, -0.05) is 26.7 Å². The van der Waals surface area contributed by atoms with Crippen LogP contribution >= 0.6 is 0 Å². The topological polar surface area (TPSA) is 60.2 Å². The van der Waals surface area contributed by atoms with Crippen LogP contribution in [0.25, 0.3) is 0 Å². The lowest BCUT2D eigenvalue weighted by Gasteiger charge is -2.24. The Morgan fingerprint density at radius 1 is 1.29 bits per heavy atom. The van der Waals surface area contributed by atoms with E-state index in [1.165, 1.54) is 0 Å². The summed E-state index contributed by atoms with van der Waals surface area (Å²) in [4.78, 5) is 4.20. The van der Waals surface area contributed by atoms with E-state index in [0.29, 0.717) is 12.5 Å². The van der Waals surface area contributed by atoms with Crippen LogP contribution in [-0.4, -0.2) is 11.6 Å². The molecule has 0 amide bonds. The van der Waals surface area contributed by atoms with Gasteiger partial charge >= 0.3 is 0 Å². The van der Waals surface area contributed by atoms with E-state index >= 15 is 0 Å². The maximum atomic E-state index is 5.66. The molecule has 1 aromatic heterocycles. The molecule has 17 heavy (non-hydrogen) atoms. The molecule has 1 heterocycles. The van der Waals surface area contributed by atoms with Crippen LogP contribution in [0.15, 0.2) is 18.5 Å². The number of nitrogens with one attached hydrogen (secondary N) is 1. The third-order valence-corrected chi connectivity index (χ3v) is 3.10. The van der Waals surface area contributed by atoms with Crippen LogP contribution < -0.4 is 16.0 Å². The Kier molecular flexibility index (Phi) is 5.94. The number of nitrogens with two attached hydrogens (primary N) is 1. The average Bonchev–Trinajstić information content (AvgIpc) is 2.36. The van der Waals surface area contributed by atoms with Crippen LogP contribution in [0.4, 0.5) is 0 Å². The normalized spacial score (nSPS) is 12.8. The van der Waals surface area contributed by atoms with Crippen molar-refractivity contribution in [1.82, 2.24) is 10.4 Å². The molecule has 0 saturated heterocycles. The third kappa shape index (κ3) is 3.68. The molecule has 3 N–H and O–H groups in total. The number of rotatable bonds is 7. The van der Waals surface area contributed by atoms with Crippen LogP contribution in [0, 0.1) is 5.92 Å². The largest absolute Gasteiger partial charge is 0.492 e. The van der Waals surface area contributed by atoms with Crippen molar-refractivity contribution in [2.75, 3.05) is 6.61 Å². The first-order chi connectivity index (χ1) is 8.26. The van der Waals surface area contributed by atoms with Crippen molar-refractivity contribution >= 4 is 0 Å². The fourth-order valence-electron chi connectivity index (χ4n) is 2.12. The second kappa shape index (κ2) is 7.25. The molecule has 1 rings (SSSR count). The van der Waals surface area contributed by atoms with E-state index in [-0.39, 0.29) is 6.04 Å². The van der Waals surface area contributed by atoms with Gasteiger partial charge in [-0.25, -0.2) is 0 Å². The number of ether oxygens (including phenoxy) is 1. The summed E-state index contributed by atoms with van der Waals surface area (Å²) >= 11 is 0. The second-order valence-corrected chi connectivity index (χ2v) is 4.11. The standard InChI is InChI=1S/C13H23N3O/c1-4-10(5-2)13(16-14)11-7-12(17-6-3)9-15-8-11/h7-10,13,16H,4-6,14H2,1-3H3. The third-order valence-electron chi connectivity index (χ3n) is 3.10. The average molecular weight is 237 g/mol. The van der Waals surface area contributed by atoms with Crippen LogP contribution in [0.2, 0.25) is 0 Å². The number of hydrogen-bond donors (Lipinski definition) is 2. The molecular formula is C13H23N3O. The zero-order valence-electron chi connectivity index (χ0n) is 10.9. The summed E-state index contributed by atoms with van der Waals surface area (Å²) < 4.78 is 5.46. The Morgan fingerprint density at radius 2 is 2.00 bits per heavy atom. The fourth-order valence-corrected chi connectivity index (χ4v) is 2.12. The van der Waals surface area contributed by atoms with Crippen molar-refractivity contribution in [3.63, 3.8) is 0 Å². The van der Waals surface area contributed by atoms with E-state index in [2.05, 4.69) is 24.3 Å². The number of nitrogens with zero attached hydrogens (tertiary/aromatic N) is 1. The van der Waals surface area contributed by atoms with Gasteiger partial charge in [-0.05, 0) is 24.5 Å². The Hall–Kier alpha value is -1.13. The van der Waals surface area contributed by atoms with Crippen molar-refractivity contribution in [2.24, 2.45) is 11.8 Å². The minimum absolute atomic E-state index is 0.137. The smallest absolute Gasteiger partial charge is 0.137 e. The number of aromatic nitrogens is 1. The zero-order valence-corrected chi connectivity index (χ0v) is 10.9. The minimum atomic E-state index is 0.137. The molecule has 0 bridgehead atoms. The molecule has 0 aromatic carbocycles. The summed E-state index contributed by atoms with van der Waals surface area (Å²) in [6, 6.07) is 2.15. The molecule has 0 radical (unpaired) electrons. The Balaban J connectivity index is 2.90. The molecule has 4 nitrogen and oxygen atoms in total. The molecule has 1 aromatic rings. The molecule has 0 fully saturated rings. The molecule has 0 saturated carbocycles. The monoisotopic (exact) mass is 237 g/mol. The highest BCUT2D eigenvalue weighted by Gasteiger charge is 2.19. The predicted octanol–water partition coefficient (Wildman–Crippen LogP) is 2.42. The van der Waals surface area contributed by atoms with E-state index in [9.17, 15) is 0 Å². The fraction of sp³-hybridized carbons (Fsp3) is 0.615. The summed E-state index contributed by atoms with van der Waals surface area (Å²) in [5.74, 6) is 6.98. The van der Waals surface area contributed by atoms with Crippen molar-refractivity contribution in [1.29, 1.82) is 0 Å². The van der Waals surface area contributed by atoms with Gasteiger partial charge in [-0.2, -0.15) is 0 Å². The Bertz CT molecular complexity index is 326. The highest BCUT2D eigenvalue weighted by molar-refractivity contribution is 5.26. The molecule has 96 valence electrons. The SMILES string of the molecule is CCOc1cncc(C(NN)C(CC)CC)c1. The summed E-state index contributed by atoms with van der Waals surface area (Å²) in [7, 11) is 0. The Labute approximate surface area is 104 Å². The molecular weight excluding hydrogens is 214 g/mol. The summed E-state index contributed by atoms with van der Waals surface area (Å²) in [5.41, 5.74) is 3.98. The van der Waals surface area contributed by atoms with Crippen LogP contribution in [-0.2, 0) is 0 Å². The van der Waals surface area contributed by atoms with Crippen molar-refractivity contribution in [3.05, 3.63) is 24.0 Å². The molecule has 0 aliphatic carbocycles. The molecule has 0 aliphatic heterocycles. The van der Waals surface area contributed by atoms with Crippen molar-refractivity contribution < 1.29 is 4.74 Å². The van der Waals surface area contributed by atoms with Gasteiger partial charge in [0.25, 0.3) is 0 Å². The van der Waals surface area contributed by atoms with E-state index in [1.807, 2.05) is 19.2 Å². The quantitative estimate of drug-likeness (QED) is 0.565. The lowest BCUT2D eigenvalue weighted by Crippen LogP contribution is -2.33. The highest BCUT2D eigenvalue weighted by Crippen LogP contribution is 2.27. The van der Waals surface area contributed by atoms with Gasteiger partial charge in [0.1, 0.15) is 5.75 Å². The van der Waals surface area contributed by atoms with Crippen LogP contribution in [0.5, 0.6) is 5.75 Å². The van der Waals surface area contributed by atoms with E-state index in [0.717, 1.165) is 24.2 Å². The molecule has 1 unspecified atom stereocenters. The van der Waals surface area contributed by atoms with Gasteiger partial charge in [0, 0.05) is 6.20 Å². The second-order valence-electron chi connectivity index (χ2n) is 4.11. The molecule has 0 spiro atoms. The highest BCUT2D eigenvalue weighted by atomic mass is 16.5. The first kappa shape index (κ1) is 13.9. The van der Waals surface area contributed by atoms with Gasteiger partial charge in [-0.15, -0.1) is 0 Å². The predicted molar refractivity (Wildman–Crippen MR) is 69.5 cm³/mol. The first-order valence-corrected chi connectivity index (χ1v) is 6.30. The van der Waals surface area contributed by atoms with Gasteiger partial charge < -0.3 is 4.74 Å². The molecule has 4 heteroatoms. The van der Waals surface area contributed by atoms with E-state index < -0.39 is 0 Å². The van der Waals surface area contributed by atoms with Crippen LogP contribution in [0.3, 0.4) is 0 Å². The van der Waals surface area contributed by atoms with Gasteiger partial charge in [-0.3, -0.25) is 16.3 Å². The van der Waals surface area contributed by atoms with Gasteiger partial charge in [0.05, 0.1) is 18.8 Å². The number of hydrogen-bond acceptors (Lipinski definition) is 4. The lowest BCUT2D eigenvalue weighted by molar-refractivity contribution is 0.329. The van der Waals surface area contributed by atoms with Crippen LogP contribution in [0.1, 0.15) is 45.2 Å². The van der Waals surface area contributed by atoms with E-state index in [1.54, 1.807) is 6.20 Å². The number of pyridine rings is 1.